The predicted molar refractivity (Wildman–Crippen MR) is 91.7 cm³/mol. The van der Waals surface area contributed by atoms with Crippen LogP contribution in [-0.2, 0) is 0 Å². The largest absolute Gasteiger partial charge is 0.370 e. The summed E-state index contributed by atoms with van der Waals surface area (Å²) in [5, 5.41) is 6.53. The van der Waals surface area contributed by atoms with Gasteiger partial charge in [0.15, 0.2) is 0 Å². The molecule has 5 heteroatoms. The van der Waals surface area contributed by atoms with Crippen molar-refractivity contribution in [2.24, 2.45) is 0 Å². The molecule has 116 valence electrons. The highest BCUT2D eigenvalue weighted by Crippen LogP contribution is 2.21. The molecule has 0 saturated heterocycles. The molecule has 0 aliphatic carbocycles. The van der Waals surface area contributed by atoms with Crippen LogP contribution in [0.4, 0.5) is 11.5 Å². The normalized spacial score (nSPS) is 10.3. The lowest BCUT2D eigenvalue weighted by atomic mass is 10.2. The number of rotatable bonds is 7. The molecule has 2 rings (SSSR count). The number of hydrogen-bond donors (Lipinski definition) is 2. The molecular weight excluding hydrogens is 298 g/mol. The van der Waals surface area contributed by atoms with E-state index in [1.54, 1.807) is 24.4 Å². The highest BCUT2D eigenvalue weighted by atomic mass is 35.5. The topological polar surface area (TPSA) is 54.0 Å². The van der Waals surface area contributed by atoms with Gasteiger partial charge >= 0.3 is 0 Å². The second kappa shape index (κ2) is 8.39. The Kier molecular flexibility index (Phi) is 6.22. The summed E-state index contributed by atoms with van der Waals surface area (Å²) in [6.45, 7) is 3.07. The van der Waals surface area contributed by atoms with Crippen LogP contribution in [-0.4, -0.2) is 17.4 Å². The third kappa shape index (κ3) is 4.74. The molecule has 1 aromatic carbocycles. The monoisotopic (exact) mass is 317 g/mol. The van der Waals surface area contributed by atoms with Crippen LogP contribution in [0.3, 0.4) is 0 Å². The van der Waals surface area contributed by atoms with E-state index in [4.69, 9.17) is 11.6 Å². The van der Waals surface area contributed by atoms with E-state index in [2.05, 4.69) is 22.5 Å². The Balaban J connectivity index is 1.92. The molecule has 22 heavy (non-hydrogen) atoms. The summed E-state index contributed by atoms with van der Waals surface area (Å²) in [6, 6.07) is 10.7. The van der Waals surface area contributed by atoms with Crippen molar-refractivity contribution in [3.05, 3.63) is 53.2 Å². The summed E-state index contributed by atoms with van der Waals surface area (Å²) in [4.78, 5) is 16.4. The molecule has 0 fully saturated rings. The number of nitrogens with one attached hydrogen (secondary N) is 2. The summed E-state index contributed by atoms with van der Waals surface area (Å²) in [5.41, 5.74) is 1.09. The number of anilines is 2. The lowest BCUT2D eigenvalue weighted by molar-refractivity contribution is 0.102. The van der Waals surface area contributed by atoms with Gasteiger partial charge in [-0.1, -0.05) is 43.5 Å². The SMILES string of the molecule is CCCCCNc1ccc(C(=O)Nc2ccccc2Cl)cn1. The van der Waals surface area contributed by atoms with E-state index in [-0.39, 0.29) is 5.91 Å². The van der Waals surface area contributed by atoms with Gasteiger partial charge in [0.1, 0.15) is 5.82 Å². The first kappa shape index (κ1) is 16.3. The smallest absolute Gasteiger partial charge is 0.257 e. The molecule has 0 atom stereocenters. The van der Waals surface area contributed by atoms with Gasteiger partial charge in [0.2, 0.25) is 0 Å². The van der Waals surface area contributed by atoms with Gasteiger partial charge in [0.05, 0.1) is 16.3 Å². The van der Waals surface area contributed by atoms with Crippen molar-refractivity contribution in [1.82, 2.24) is 4.98 Å². The van der Waals surface area contributed by atoms with Crippen LogP contribution in [0.1, 0.15) is 36.5 Å². The lowest BCUT2D eigenvalue weighted by Crippen LogP contribution is -2.13. The first-order valence-electron chi connectivity index (χ1n) is 7.46. The average molecular weight is 318 g/mol. The van der Waals surface area contributed by atoms with Crippen LogP contribution in [0, 0.1) is 0 Å². The number of hydrogen-bond acceptors (Lipinski definition) is 3. The number of benzene rings is 1. The summed E-state index contributed by atoms with van der Waals surface area (Å²) in [5.74, 6) is 0.559. The number of halogens is 1. The molecule has 1 aromatic heterocycles. The van der Waals surface area contributed by atoms with E-state index < -0.39 is 0 Å². The van der Waals surface area contributed by atoms with Crippen LogP contribution in [0.2, 0.25) is 5.02 Å². The summed E-state index contributed by atoms with van der Waals surface area (Å²) < 4.78 is 0. The number of unbranched alkanes of at least 4 members (excludes halogenated alkanes) is 2. The van der Waals surface area contributed by atoms with E-state index in [9.17, 15) is 4.79 Å². The fourth-order valence-corrected chi connectivity index (χ4v) is 2.16. The van der Waals surface area contributed by atoms with E-state index >= 15 is 0 Å². The van der Waals surface area contributed by atoms with Crippen molar-refractivity contribution in [1.29, 1.82) is 0 Å². The Hall–Kier alpha value is -2.07. The van der Waals surface area contributed by atoms with Crippen LogP contribution < -0.4 is 10.6 Å². The van der Waals surface area contributed by atoms with Crippen molar-refractivity contribution in [3.63, 3.8) is 0 Å². The second-order valence-electron chi connectivity index (χ2n) is 5.00. The second-order valence-corrected chi connectivity index (χ2v) is 5.41. The Bertz CT molecular complexity index is 614. The number of para-hydroxylation sites is 1. The molecule has 1 heterocycles. The quantitative estimate of drug-likeness (QED) is 0.734. The van der Waals surface area contributed by atoms with Gasteiger partial charge in [0.25, 0.3) is 5.91 Å². The molecule has 4 nitrogen and oxygen atoms in total. The molecule has 2 aromatic rings. The zero-order valence-corrected chi connectivity index (χ0v) is 13.4. The highest BCUT2D eigenvalue weighted by molar-refractivity contribution is 6.33. The van der Waals surface area contributed by atoms with Crippen molar-refractivity contribution in [2.45, 2.75) is 26.2 Å². The zero-order chi connectivity index (χ0) is 15.8. The number of carbonyl (C=O) groups is 1. The number of pyridine rings is 1. The highest BCUT2D eigenvalue weighted by Gasteiger charge is 2.08. The maximum absolute atomic E-state index is 12.1. The minimum Gasteiger partial charge on any atom is -0.370 e. The van der Waals surface area contributed by atoms with Gasteiger partial charge in [-0.2, -0.15) is 0 Å². The first-order chi connectivity index (χ1) is 10.7. The number of carbonyl (C=O) groups excluding carboxylic acids is 1. The van der Waals surface area contributed by atoms with E-state index in [0.29, 0.717) is 16.3 Å². The average Bonchev–Trinajstić information content (AvgIpc) is 2.54. The third-order valence-corrected chi connectivity index (χ3v) is 3.56. The molecule has 0 aliphatic heterocycles. The standard InChI is InChI=1S/C17H20ClN3O/c1-2-3-6-11-19-16-10-9-13(12-20-16)17(22)21-15-8-5-4-7-14(15)18/h4-5,7-10,12H,2-3,6,11H2,1H3,(H,19,20)(H,21,22). The minimum atomic E-state index is -0.224. The van der Waals surface area contributed by atoms with Crippen LogP contribution in [0.25, 0.3) is 0 Å². The summed E-state index contributed by atoms with van der Waals surface area (Å²) >= 11 is 6.02. The number of amides is 1. The van der Waals surface area contributed by atoms with Gasteiger partial charge in [-0.3, -0.25) is 4.79 Å². The molecule has 0 aliphatic rings. The Morgan fingerprint density at radius 3 is 2.68 bits per heavy atom. The van der Waals surface area contributed by atoms with Crippen LogP contribution in [0.5, 0.6) is 0 Å². The van der Waals surface area contributed by atoms with Crippen molar-refractivity contribution < 1.29 is 4.79 Å². The summed E-state index contributed by atoms with van der Waals surface area (Å²) in [6.07, 6.45) is 5.07. The molecule has 0 unspecified atom stereocenters. The van der Waals surface area contributed by atoms with Crippen molar-refractivity contribution in [3.8, 4) is 0 Å². The molecule has 0 saturated carbocycles. The van der Waals surface area contributed by atoms with Gasteiger partial charge in [-0.05, 0) is 30.7 Å². The number of nitrogens with zero attached hydrogens (tertiary/aromatic N) is 1. The van der Waals surface area contributed by atoms with Gasteiger partial charge in [-0.15, -0.1) is 0 Å². The molecule has 0 radical (unpaired) electrons. The Morgan fingerprint density at radius 1 is 1.18 bits per heavy atom. The molecule has 0 spiro atoms. The molecule has 2 N–H and O–H groups in total. The molecule has 1 amide bonds. The lowest BCUT2D eigenvalue weighted by Gasteiger charge is -2.08. The van der Waals surface area contributed by atoms with Gasteiger partial charge < -0.3 is 10.6 Å². The van der Waals surface area contributed by atoms with Crippen molar-refractivity contribution in [2.75, 3.05) is 17.2 Å². The minimum absolute atomic E-state index is 0.224. The van der Waals surface area contributed by atoms with Gasteiger partial charge in [0, 0.05) is 12.7 Å². The first-order valence-corrected chi connectivity index (χ1v) is 7.84. The number of aromatic nitrogens is 1. The fourth-order valence-electron chi connectivity index (χ4n) is 1.98. The molecular formula is C17H20ClN3O. The maximum atomic E-state index is 12.1. The van der Waals surface area contributed by atoms with E-state index in [1.165, 1.54) is 12.8 Å². The third-order valence-electron chi connectivity index (χ3n) is 3.23. The Labute approximate surface area is 135 Å². The van der Waals surface area contributed by atoms with E-state index in [1.807, 2.05) is 18.2 Å². The van der Waals surface area contributed by atoms with Crippen LogP contribution in [0.15, 0.2) is 42.6 Å². The van der Waals surface area contributed by atoms with Crippen molar-refractivity contribution >= 4 is 29.0 Å². The predicted octanol–water partition coefficient (Wildman–Crippen LogP) is 4.59. The van der Waals surface area contributed by atoms with Gasteiger partial charge in [-0.25, -0.2) is 4.98 Å². The maximum Gasteiger partial charge on any atom is 0.257 e. The van der Waals surface area contributed by atoms with Crippen LogP contribution >= 0.6 is 11.6 Å². The fraction of sp³-hybridized carbons (Fsp3) is 0.294. The van der Waals surface area contributed by atoms with E-state index in [0.717, 1.165) is 18.8 Å². The zero-order valence-electron chi connectivity index (χ0n) is 12.6. The summed E-state index contributed by atoms with van der Waals surface area (Å²) in [7, 11) is 0. The molecule has 0 bridgehead atoms. The Morgan fingerprint density at radius 2 is 2.00 bits per heavy atom.